The maximum Gasteiger partial charge on any atom is 0.271 e. The van der Waals surface area contributed by atoms with E-state index >= 15 is 0 Å². The van der Waals surface area contributed by atoms with Gasteiger partial charge in [0.1, 0.15) is 28.1 Å². The lowest BCUT2D eigenvalue weighted by Crippen LogP contribution is -2.43. The van der Waals surface area contributed by atoms with E-state index in [1.54, 1.807) is 11.3 Å². The predicted molar refractivity (Wildman–Crippen MR) is 84.2 cm³/mol. The Hall–Kier alpha value is -2.05. The number of carbonyl (C=O) groups excluding carboxylic acids is 1. The number of nitrogens with one attached hydrogen (secondary N) is 1. The van der Waals surface area contributed by atoms with Crippen LogP contribution in [0.2, 0.25) is 0 Å². The van der Waals surface area contributed by atoms with Crippen LogP contribution < -0.4 is 0 Å². The van der Waals surface area contributed by atoms with E-state index in [0.29, 0.717) is 25.5 Å². The predicted octanol–water partition coefficient (Wildman–Crippen LogP) is 3.34. The highest BCUT2D eigenvalue weighted by Gasteiger charge is 2.32. The zero-order valence-electron chi connectivity index (χ0n) is 12.2. The summed E-state index contributed by atoms with van der Waals surface area (Å²) in [5.74, 6) is 1.61. The average Bonchev–Trinajstić information content (AvgIpc) is 3.21. The van der Waals surface area contributed by atoms with Crippen molar-refractivity contribution in [3.63, 3.8) is 0 Å². The Balaban J connectivity index is 1.65. The van der Waals surface area contributed by atoms with Crippen LogP contribution in [0.15, 0.2) is 34.1 Å². The van der Waals surface area contributed by atoms with Gasteiger partial charge in [-0.3, -0.25) is 4.79 Å². The Kier molecular flexibility index (Phi) is 3.28. The number of fused-ring (bicyclic) bond motifs is 1. The zero-order chi connectivity index (χ0) is 15.1. The first-order chi connectivity index (χ1) is 10.7. The number of aromatic amines is 1. The smallest absolute Gasteiger partial charge is 0.271 e. The van der Waals surface area contributed by atoms with E-state index in [9.17, 15) is 4.79 Å². The topological polar surface area (TPSA) is 58.5 Å². The fourth-order valence-electron chi connectivity index (χ4n) is 2.83. The summed E-state index contributed by atoms with van der Waals surface area (Å²) in [4.78, 5) is 18.9. The maximum absolute atomic E-state index is 12.9. The summed E-state index contributed by atoms with van der Waals surface area (Å²) in [5, 5.41) is 3.09. The molecule has 0 saturated carbocycles. The van der Waals surface area contributed by atoms with Gasteiger partial charge in [-0.2, -0.15) is 0 Å². The SMILES string of the molecule is Cc1ccc(C2COCCN2C(=O)c2cc3ccsc3[nH]2)o1. The van der Waals surface area contributed by atoms with E-state index in [4.69, 9.17) is 9.15 Å². The molecule has 1 amide bonds. The second-order valence-corrected chi connectivity index (χ2v) is 6.34. The Bertz CT molecular complexity index is 788. The van der Waals surface area contributed by atoms with Gasteiger partial charge in [-0.05, 0) is 36.6 Å². The van der Waals surface area contributed by atoms with E-state index in [2.05, 4.69) is 4.98 Å². The summed E-state index contributed by atoms with van der Waals surface area (Å²) in [5.41, 5.74) is 0.622. The van der Waals surface area contributed by atoms with Gasteiger partial charge in [-0.15, -0.1) is 11.3 Å². The normalized spacial score (nSPS) is 19.0. The first kappa shape index (κ1) is 13.6. The number of aromatic nitrogens is 1. The lowest BCUT2D eigenvalue weighted by molar-refractivity contribution is -0.00919. The summed E-state index contributed by atoms with van der Waals surface area (Å²) in [6.45, 7) is 3.49. The van der Waals surface area contributed by atoms with Crippen LogP contribution in [0.3, 0.4) is 0 Å². The van der Waals surface area contributed by atoms with Crippen LogP contribution in [-0.4, -0.2) is 35.5 Å². The maximum atomic E-state index is 12.9. The largest absolute Gasteiger partial charge is 0.464 e. The Morgan fingerprint density at radius 3 is 3.09 bits per heavy atom. The first-order valence-corrected chi connectivity index (χ1v) is 8.11. The molecule has 0 bridgehead atoms. The van der Waals surface area contributed by atoms with E-state index < -0.39 is 0 Å². The summed E-state index contributed by atoms with van der Waals surface area (Å²) >= 11 is 1.60. The molecule has 1 aliphatic heterocycles. The van der Waals surface area contributed by atoms with Gasteiger partial charge >= 0.3 is 0 Å². The Morgan fingerprint density at radius 1 is 1.41 bits per heavy atom. The van der Waals surface area contributed by atoms with E-state index in [1.807, 2.05) is 41.5 Å². The number of hydrogen-bond donors (Lipinski definition) is 1. The molecular weight excluding hydrogens is 300 g/mol. The molecule has 1 saturated heterocycles. The van der Waals surface area contributed by atoms with Crippen molar-refractivity contribution >= 4 is 27.5 Å². The second-order valence-electron chi connectivity index (χ2n) is 5.43. The highest BCUT2D eigenvalue weighted by molar-refractivity contribution is 7.16. The fourth-order valence-corrected chi connectivity index (χ4v) is 3.62. The van der Waals surface area contributed by atoms with Gasteiger partial charge in [0.2, 0.25) is 0 Å². The molecule has 4 heterocycles. The van der Waals surface area contributed by atoms with E-state index in [-0.39, 0.29) is 11.9 Å². The minimum absolute atomic E-state index is 0.00856. The van der Waals surface area contributed by atoms with E-state index in [1.165, 1.54) is 0 Å². The highest BCUT2D eigenvalue weighted by atomic mass is 32.1. The van der Waals surface area contributed by atoms with Crippen molar-refractivity contribution in [1.29, 1.82) is 0 Å². The van der Waals surface area contributed by atoms with Crippen molar-refractivity contribution in [2.75, 3.05) is 19.8 Å². The summed E-state index contributed by atoms with van der Waals surface area (Å²) in [6.07, 6.45) is 0. The third-order valence-corrected chi connectivity index (χ3v) is 4.80. The molecule has 5 nitrogen and oxygen atoms in total. The van der Waals surface area contributed by atoms with Gasteiger partial charge in [0, 0.05) is 11.9 Å². The number of morpholine rings is 1. The van der Waals surface area contributed by atoms with Crippen molar-refractivity contribution in [1.82, 2.24) is 9.88 Å². The Morgan fingerprint density at radius 2 is 2.32 bits per heavy atom. The molecule has 1 N–H and O–H groups in total. The molecule has 1 unspecified atom stereocenters. The van der Waals surface area contributed by atoms with Gasteiger partial charge in [0.15, 0.2) is 0 Å². The first-order valence-electron chi connectivity index (χ1n) is 7.23. The zero-order valence-corrected chi connectivity index (χ0v) is 13.0. The fraction of sp³-hybridized carbons (Fsp3) is 0.312. The lowest BCUT2D eigenvalue weighted by Gasteiger charge is -2.34. The molecule has 1 atom stereocenters. The van der Waals surface area contributed by atoms with Crippen LogP contribution in [0.4, 0.5) is 0 Å². The van der Waals surface area contributed by atoms with E-state index in [0.717, 1.165) is 21.7 Å². The molecule has 0 radical (unpaired) electrons. The number of furan rings is 1. The summed E-state index contributed by atoms with van der Waals surface area (Å²) < 4.78 is 11.2. The highest BCUT2D eigenvalue weighted by Crippen LogP contribution is 2.29. The number of hydrogen-bond acceptors (Lipinski definition) is 4. The molecule has 1 aliphatic rings. The lowest BCUT2D eigenvalue weighted by atomic mass is 10.1. The third-order valence-electron chi connectivity index (χ3n) is 3.95. The van der Waals surface area contributed by atoms with Crippen molar-refractivity contribution < 1.29 is 13.9 Å². The molecule has 0 spiro atoms. The van der Waals surface area contributed by atoms with Gasteiger partial charge < -0.3 is 19.0 Å². The van der Waals surface area contributed by atoms with Gasteiger partial charge in [-0.25, -0.2) is 0 Å². The number of ether oxygens (including phenoxy) is 1. The minimum atomic E-state index is -0.170. The molecule has 0 aliphatic carbocycles. The molecule has 0 aromatic carbocycles. The van der Waals surface area contributed by atoms with Gasteiger partial charge in [0.25, 0.3) is 5.91 Å². The van der Waals surface area contributed by atoms with Crippen LogP contribution in [0.5, 0.6) is 0 Å². The molecule has 4 rings (SSSR count). The molecule has 22 heavy (non-hydrogen) atoms. The van der Waals surface area contributed by atoms with Crippen LogP contribution in [-0.2, 0) is 4.74 Å². The van der Waals surface area contributed by atoms with Crippen LogP contribution >= 0.6 is 11.3 Å². The van der Waals surface area contributed by atoms with Gasteiger partial charge in [-0.1, -0.05) is 0 Å². The number of amides is 1. The third kappa shape index (κ3) is 2.24. The molecule has 114 valence electrons. The number of nitrogens with zero attached hydrogens (tertiary/aromatic N) is 1. The molecule has 1 fully saturated rings. The average molecular weight is 316 g/mol. The van der Waals surface area contributed by atoms with Crippen LogP contribution in [0, 0.1) is 6.92 Å². The number of aryl methyl sites for hydroxylation is 1. The molecule has 3 aromatic rings. The number of rotatable bonds is 2. The number of carbonyl (C=O) groups is 1. The van der Waals surface area contributed by atoms with Crippen LogP contribution in [0.25, 0.3) is 10.2 Å². The molecule has 6 heteroatoms. The summed E-state index contributed by atoms with van der Waals surface area (Å²) in [7, 11) is 0. The second kappa shape index (κ2) is 5.30. The Labute approximate surface area is 131 Å². The van der Waals surface area contributed by atoms with Gasteiger partial charge in [0.05, 0.1) is 13.2 Å². The summed E-state index contributed by atoms with van der Waals surface area (Å²) in [6, 6.07) is 7.59. The minimum Gasteiger partial charge on any atom is -0.464 e. The van der Waals surface area contributed by atoms with Crippen molar-refractivity contribution in [3.8, 4) is 0 Å². The quantitative estimate of drug-likeness (QED) is 0.789. The van der Waals surface area contributed by atoms with Crippen LogP contribution in [0.1, 0.15) is 28.1 Å². The van der Waals surface area contributed by atoms with Crippen molar-refractivity contribution in [2.24, 2.45) is 0 Å². The standard InChI is InChI=1S/C16H16N2O3S/c1-10-2-3-14(21-10)13-9-20-6-5-18(13)16(19)12-8-11-4-7-22-15(11)17-12/h2-4,7-8,13,17H,5-6,9H2,1H3. The monoisotopic (exact) mass is 316 g/mol. The molecular formula is C16H16N2O3S. The van der Waals surface area contributed by atoms with Crippen molar-refractivity contribution in [2.45, 2.75) is 13.0 Å². The number of H-pyrrole nitrogens is 1. The number of thiophene rings is 1. The van der Waals surface area contributed by atoms with Crippen molar-refractivity contribution in [3.05, 3.63) is 46.9 Å². The molecule has 3 aromatic heterocycles.